The minimum absolute atomic E-state index is 0.581. The molecule has 1 fully saturated rings. The van der Waals surface area contributed by atoms with Crippen LogP contribution < -0.4 is 5.32 Å². The van der Waals surface area contributed by atoms with E-state index in [0.29, 0.717) is 6.04 Å². The number of nitrogens with one attached hydrogen (secondary N) is 1. The molecule has 1 aliphatic carbocycles. The van der Waals surface area contributed by atoms with Gasteiger partial charge in [0.05, 0.1) is 3.79 Å². The molecule has 1 unspecified atom stereocenters. The highest BCUT2D eigenvalue weighted by molar-refractivity contribution is 9.11. The van der Waals surface area contributed by atoms with Gasteiger partial charge < -0.3 is 5.32 Å². The van der Waals surface area contributed by atoms with E-state index in [1.807, 2.05) is 0 Å². The van der Waals surface area contributed by atoms with Crippen molar-refractivity contribution in [2.75, 3.05) is 6.54 Å². The summed E-state index contributed by atoms with van der Waals surface area (Å²) in [5, 5.41) is 6.07. The van der Waals surface area contributed by atoms with E-state index < -0.39 is 0 Å². The first-order chi connectivity index (χ1) is 8.31. The lowest BCUT2D eigenvalue weighted by Gasteiger charge is -2.30. The SMILES string of the molecule is CCCNC(c1csc(Br)c1)C1CCCCC1. The molecule has 1 saturated carbocycles. The molecule has 0 aliphatic heterocycles. The van der Waals surface area contributed by atoms with Crippen molar-refractivity contribution in [3.05, 3.63) is 20.8 Å². The Hall–Kier alpha value is 0.140. The van der Waals surface area contributed by atoms with Gasteiger partial charge in [-0.15, -0.1) is 11.3 Å². The Kier molecular flexibility index (Phi) is 5.51. The van der Waals surface area contributed by atoms with Crippen LogP contribution in [-0.4, -0.2) is 6.54 Å². The lowest BCUT2D eigenvalue weighted by Crippen LogP contribution is -2.30. The van der Waals surface area contributed by atoms with Gasteiger partial charge in [-0.05, 0) is 64.7 Å². The summed E-state index contributed by atoms with van der Waals surface area (Å²) in [5.74, 6) is 0.844. The van der Waals surface area contributed by atoms with Crippen molar-refractivity contribution in [3.63, 3.8) is 0 Å². The normalized spacial score (nSPS) is 19.4. The maximum absolute atomic E-state index is 3.75. The zero-order valence-electron chi connectivity index (χ0n) is 10.5. The highest BCUT2D eigenvalue weighted by Crippen LogP contribution is 2.36. The van der Waals surface area contributed by atoms with Crippen LogP contribution in [0.2, 0.25) is 0 Å². The van der Waals surface area contributed by atoms with Gasteiger partial charge in [0.1, 0.15) is 0 Å². The fraction of sp³-hybridized carbons (Fsp3) is 0.714. The second-order valence-corrected chi connectivity index (χ2v) is 7.30. The van der Waals surface area contributed by atoms with Crippen LogP contribution in [0.1, 0.15) is 57.1 Å². The molecule has 1 heterocycles. The average molecular weight is 316 g/mol. The monoisotopic (exact) mass is 315 g/mol. The van der Waals surface area contributed by atoms with Crippen LogP contribution in [-0.2, 0) is 0 Å². The minimum atomic E-state index is 0.581. The highest BCUT2D eigenvalue weighted by atomic mass is 79.9. The third-order valence-corrected chi connectivity index (χ3v) is 5.21. The predicted molar refractivity (Wildman–Crippen MR) is 79.6 cm³/mol. The van der Waals surface area contributed by atoms with Crippen molar-refractivity contribution < 1.29 is 0 Å². The first kappa shape index (κ1) is 13.6. The summed E-state index contributed by atoms with van der Waals surface area (Å²) in [6, 6.07) is 2.88. The van der Waals surface area contributed by atoms with Crippen molar-refractivity contribution in [2.45, 2.75) is 51.5 Å². The Bertz CT molecular complexity index is 331. The zero-order chi connectivity index (χ0) is 12.1. The summed E-state index contributed by atoms with van der Waals surface area (Å²) in [6.07, 6.45) is 8.28. The molecule has 0 spiro atoms. The molecule has 1 aromatic heterocycles. The molecular weight excluding hydrogens is 294 g/mol. The topological polar surface area (TPSA) is 12.0 Å². The van der Waals surface area contributed by atoms with Crippen LogP contribution >= 0.6 is 27.3 Å². The maximum atomic E-state index is 3.75. The Balaban J connectivity index is 2.06. The summed E-state index contributed by atoms with van der Waals surface area (Å²) in [7, 11) is 0. The van der Waals surface area contributed by atoms with E-state index in [9.17, 15) is 0 Å². The van der Waals surface area contributed by atoms with E-state index in [0.717, 1.165) is 12.5 Å². The van der Waals surface area contributed by atoms with Crippen molar-refractivity contribution in [1.29, 1.82) is 0 Å². The summed E-state index contributed by atoms with van der Waals surface area (Å²) in [6.45, 7) is 3.38. The predicted octanol–water partition coefficient (Wildman–Crippen LogP) is 5.13. The van der Waals surface area contributed by atoms with Crippen molar-refractivity contribution >= 4 is 27.3 Å². The first-order valence-corrected chi connectivity index (χ1v) is 8.46. The standard InChI is InChI=1S/C14H22BrNS/c1-2-8-16-14(11-6-4-3-5-7-11)12-9-13(15)17-10-12/h9-11,14,16H,2-8H2,1H3. The molecule has 0 amide bonds. The van der Waals surface area contributed by atoms with E-state index in [4.69, 9.17) is 0 Å². The van der Waals surface area contributed by atoms with Crippen molar-refractivity contribution in [1.82, 2.24) is 5.32 Å². The van der Waals surface area contributed by atoms with Crippen LogP contribution in [0.25, 0.3) is 0 Å². The first-order valence-electron chi connectivity index (χ1n) is 6.78. The molecule has 2 rings (SSSR count). The van der Waals surface area contributed by atoms with Crippen LogP contribution in [0.15, 0.2) is 15.2 Å². The van der Waals surface area contributed by atoms with E-state index in [1.165, 1.54) is 47.9 Å². The molecule has 1 atom stereocenters. The summed E-state index contributed by atoms with van der Waals surface area (Å²) in [4.78, 5) is 0. The molecule has 96 valence electrons. The number of halogens is 1. The van der Waals surface area contributed by atoms with Gasteiger partial charge in [-0.25, -0.2) is 0 Å². The zero-order valence-corrected chi connectivity index (χ0v) is 12.9. The van der Waals surface area contributed by atoms with Gasteiger partial charge in [0, 0.05) is 6.04 Å². The van der Waals surface area contributed by atoms with Crippen molar-refractivity contribution in [2.24, 2.45) is 5.92 Å². The lowest BCUT2D eigenvalue weighted by atomic mass is 9.82. The van der Waals surface area contributed by atoms with Gasteiger partial charge in [0.25, 0.3) is 0 Å². The molecule has 0 aromatic carbocycles. The number of hydrogen-bond donors (Lipinski definition) is 1. The Morgan fingerprint density at radius 3 is 2.76 bits per heavy atom. The van der Waals surface area contributed by atoms with E-state index in [1.54, 1.807) is 11.3 Å². The van der Waals surface area contributed by atoms with Gasteiger partial charge in [-0.1, -0.05) is 26.2 Å². The lowest BCUT2D eigenvalue weighted by molar-refractivity contribution is 0.272. The molecule has 1 aliphatic rings. The third-order valence-electron chi connectivity index (χ3n) is 3.68. The number of rotatable bonds is 5. The molecule has 17 heavy (non-hydrogen) atoms. The molecule has 3 heteroatoms. The van der Waals surface area contributed by atoms with Gasteiger partial charge in [0.15, 0.2) is 0 Å². The number of thiophene rings is 1. The van der Waals surface area contributed by atoms with Gasteiger partial charge in [0.2, 0.25) is 0 Å². The largest absolute Gasteiger partial charge is 0.310 e. The van der Waals surface area contributed by atoms with E-state index >= 15 is 0 Å². The molecule has 0 saturated heterocycles. The third kappa shape index (κ3) is 3.80. The Labute approximate surface area is 117 Å². The Morgan fingerprint density at radius 1 is 1.41 bits per heavy atom. The smallest absolute Gasteiger partial charge is 0.0701 e. The van der Waals surface area contributed by atoms with E-state index in [2.05, 4.69) is 39.6 Å². The van der Waals surface area contributed by atoms with Crippen LogP contribution in [0, 0.1) is 5.92 Å². The molecular formula is C14H22BrNS. The maximum Gasteiger partial charge on any atom is 0.0701 e. The molecule has 1 nitrogen and oxygen atoms in total. The Morgan fingerprint density at radius 2 is 2.18 bits per heavy atom. The molecule has 0 bridgehead atoms. The fourth-order valence-electron chi connectivity index (χ4n) is 2.81. The summed E-state index contributed by atoms with van der Waals surface area (Å²) in [5.41, 5.74) is 1.49. The van der Waals surface area contributed by atoms with Crippen LogP contribution in [0.4, 0.5) is 0 Å². The second-order valence-electron chi connectivity index (χ2n) is 5.01. The highest BCUT2D eigenvalue weighted by Gasteiger charge is 2.25. The quantitative estimate of drug-likeness (QED) is 0.794. The average Bonchev–Trinajstić information content (AvgIpc) is 2.78. The van der Waals surface area contributed by atoms with E-state index in [-0.39, 0.29) is 0 Å². The second kappa shape index (κ2) is 6.91. The fourth-order valence-corrected chi connectivity index (χ4v) is 4.02. The minimum Gasteiger partial charge on any atom is -0.310 e. The van der Waals surface area contributed by atoms with Crippen LogP contribution in [0.3, 0.4) is 0 Å². The van der Waals surface area contributed by atoms with Gasteiger partial charge in [-0.2, -0.15) is 0 Å². The molecule has 1 N–H and O–H groups in total. The number of hydrogen-bond acceptors (Lipinski definition) is 2. The molecule has 0 radical (unpaired) electrons. The van der Waals surface area contributed by atoms with Crippen molar-refractivity contribution in [3.8, 4) is 0 Å². The summed E-state index contributed by atoms with van der Waals surface area (Å²) >= 11 is 5.39. The summed E-state index contributed by atoms with van der Waals surface area (Å²) < 4.78 is 1.26. The van der Waals surface area contributed by atoms with Crippen LogP contribution in [0.5, 0.6) is 0 Å². The molecule has 1 aromatic rings. The van der Waals surface area contributed by atoms with Gasteiger partial charge >= 0.3 is 0 Å². The van der Waals surface area contributed by atoms with Gasteiger partial charge in [-0.3, -0.25) is 0 Å².